The molecule has 7 nitrogen and oxygen atoms in total. The predicted molar refractivity (Wildman–Crippen MR) is 120 cm³/mol. The summed E-state index contributed by atoms with van der Waals surface area (Å²) in [5, 5.41) is 2.83. The SMILES string of the molecule is COc1ccccc1OCCNC(=O)c1ccc(NS(=O)(=O)c2ccccc2)cc1Cl. The van der Waals surface area contributed by atoms with Gasteiger partial charge in [-0.1, -0.05) is 41.9 Å². The zero-order chi connectivity index (χ0) is 22.3. The number of ether oxygens (including phenoxy) is 2. The molecule has 0 unspecified atom stereocenters. The minimum absolute atomic E-state index is 0.122. The van der Waals surface area contributed by atoms with E-state index in [-0.39, 0.29) is 34.3 Å². The number of nitrogens with one attached hydrogen (secondary N) is 2. The van der Waals surface area contributed by atoms with E-state index in [4.69, 9.17) is 21.1 Å². The van der Waals surface area contributed by atoms with Crippen LogP contribution >= 0.6 is 11.6 Å². The molecule has 0 atom stereocenters. The summed E-state index contributed by atoms with van der Waals surface area (Å²) in [7, 11) is -2.20. The Morgan fingerprint density at radius 2 is 1.65 bits per heavy atom. The van der Waals surface area contributed by atoms with Gasteiger partial charge in [-0.2, -0.15) is 0 Å². The minimum atomic E-state index is -3.75. The van der Waals surface area contributed by atoms with E-state index in [2.05, 4.69) is 10.0 Å². The molecule has 162 valence electrons. The van der Waals surface area contributed by atoms with Gasteiger partial charge in [0.25, 0.3) is 15.9 Å². The Morgan fingerprint density at radius 3 is 2.32 bits per heavy atom. The first-order valence-corrected chi connectivity index (χ1v) is 11.2. The molecule has 0 spiro atoms. The Balaban J connectivity index is 1.57. The van der Waals surface area contributed by atoms with Gasteiger partial charge in [-0.25, -0.2) is 8.42 Å². The number of methoxy groups -OCH3 is 1. The number of halogens is 1. The zero-order valence-electron chi connectivity index (χ0n) is 16.7. The molecule has 0 saturated carbocycles. The van der Waals surface area contributed by atoms with Crippen molar-refractivity contribution in [3.8, 4) is 11.5 Å². The van der Waals surface area contributed by atoms with Crippen molar-refractivity contribution in [2.24, 2.45) is 0 Å². The van der Waals surface area contributed by atoms with Crippen molar-refractivity contribution >= 4 is 33.2 Å². The number of benzene rings is 3. The molecule has 0 fully saturated rings. The summed E-state index contributed by atoms with van der Waals surface area (Å²) in [6.45, 7) is 0.480. The van der Waals surface area contributed by atoms with E-state index in [0.717, 1.165) is 0 Å². The molecular formula is C22H21ClN2O5S. The van der Waals surface area contributed by atoms with Gasteiger partial charge in [0.2, 0.25) is 0 Å². The average molecular weight is 461 g/mol. The number of rotatable bonds is 9. The van der Waals surface area contributed by atoms with Gasteiger partial charge in [-0.15, -0.1) is 0 Å². The van der Waals surface area contributed by atoms with Crippen LogP contribution in [0.4, 0.5) is 5.69 Å². The molecule has 0 saturated heterocycles. The maximum Gasteiger partial charge on any atom is 0.261 e. The van der Waals surface area contributed by atoms with E-state index >= 15 is 0 Å². The number of anilines is 1. The largest absolute Gasteiger partial charge is 0.493 e. The lowest BCUT2D eigenvalue weighted by Gasteiger charge is -2.12. The number of hydrogen-bond donors (Lipinski definition) is 2. The molecule has 3 aromatic carbocycles. The third-order valence-electron chi connectivity index (χ3n) is 4.23. The minimum Gasteiger partial charge on any atom is -0.493 e. The van der Waals surface area contributed by atoms with Crippen LogP contribution in [-0.2, 0) is 10.0 Å². The normalized spacial score (nSPS) is 10.9. The zero-order valence-corrected chi connectivity index (χ0v) is 18.2. The highest BCUT2D eigenvalue weighted by Crippen LogP contribution is 2.26. The Morgan fingerprint density at radius 1 is 0.968 bits per heavy atom. The van der Waals surface area contributed by atoms with Gasteiger partial charge in [-0.05, 0) is 42.5 Å². The number of amides is 1. The van der Waals surface area contributed by atoms with E-state index in [1.54, 1.807) is 37.4 Å². The van der Waals surface area contributed by atoms with Gasteiger partial charge in [-0.3, -0.25) is 9.52 Å². The van der Waals surface area contributed by atoms with Crippen molar-refractivity contribution in [3.63, 3.8) is 0 Å². The fourth-order valence-electron chi connectivity index (χ4n) is 2.74. The van der Waals surface area contributed by atoms with E-state index in [1.807, 2.05) is 12.1 Å². The van der Waals surface area contributed by atoms with Gasteiger partial charge in [0.05, 0.1) is 34.8 Å². The van der Waals surface area contributed by atoms with Crippen LogP contribution in [0.3, 0.4) is 0 Å². The lowest BCUT2D eigenvalue weighted by molar-refractivity contribution is 0.0947. The maximum atomic E-state index is 12.4. The maximum absolute atomic E-state index is 12.4. The third-order valence-corrected chi connectivity index (χ3v) is 5.94. The summed E-state index contributed by atoms with van der Waals surface area (Å²) in [5.74, 6) is 0.781. The predicted octanol–water partition coefficient (Wildman–Crippen LogP) is 3.96. The number of sulfonamides is 1. The molecule has 0 radical (unpaired) electrons. The Hall–Kier alpha value is -3.23. The molecule has 0 heterocycles. The first-order chi connectivity index (χ1) is 14.9. The fourth-order valence-corrected chi connectivity index (χ4v) is 4.07. The quantitative estimate of drug-likeness (QED) is 0.471. The van der Waals surface area contributed by atoms with Crippen LogP contribution in [0.1, 0.15) is 10.4 Å². The second-order valence-electron chi connectivity index (χ2n) is 6.37. The first-order valence-electron chi connectivity index (χ1n) is 9.32. The van der Waals surface area contributed by atoms with Crippen molar-refractivity contribution < 1.29 is 22.7 Å². The topological polar surface area (TPSA) is 93.7 Å². The molecule has 0 bridgehead atoms. The van der Waals surface area contributed by atoms with E-state index in [0.29, 0.717) is 11.5 Å². The third kappa shape index (κ3) is 5.90. The number of carbonyl (C=O) groups excluding carboxylic acids is 1. The van der Waals surface area contributed by atoms with Crippen LogP contribution in [-0.4, -0.2) is 34.6 Å². The second kappa shape index (κ2) is 10.2. The van der Waals surface area contributed by atoms with Crippen LogP contribution in [0.15, 0.2) is 77.7 Å². The van der Waals surface area contributed by atoms with Crippen LogP contribution in [0.25, 0.3) is 0 Å². The van der Waals surface area contributed by atoms with Gasteiger partial charge in [0.1, 0.15) is 6.61 Å². The second-order valence-corrected chi connectivity index (χ2v) is 8.46. The number of para-hydroxylation sites is 2. The van der Waals surface area contributed by atoms with Crippen LogP contribution in [0, 0.1) is 0 Å². The average Bonchev–Trinajstić information content (AvgIpc) is 2.77. The number of carbonyl (C=O) groups is 1. The summed E-state index contributed by atoms with van der Waals surface area (Å²) in [5.41, 5.74) is 0.478. The Labute approximate surface area is 186 Å². The summed E-state index contributed by atoms with van der Waals surface area (Å²) in [4.78, 5) is 12.5. The van der Waals surface area contributed by atoms with Crippen LogP contribution < -0.4 is 19.5 Å². The lowest BCUT2D eigenvalue weighted by Crippen LogP contribution is -2.28. The molecule has 2 N–H and O–H groups in total. The molecule has 0 aliphatic rings. The molecule has 3 rings (SSSR count). The summed E-state index contributed by atoms with van der Waals surface area (Å²) in [6.07, 6.45) is 0. The van der Waals surface area contributed by atoms with E-state index in [1.165, 1.54) is 30.3 Å². The van der Waals surface area contributed by atoms with Gasteiger partial charge in [0.15, 0.2) is 11.5 Å². The van der Waals surface area contributed by atoms with Gasteiger partial charge < -0.3 is 14.8 Å². The molecule has 0 aromatic heterocycles. The Bertz CT molecular complexity index is 1150. The van der Waals surface area contributed by atoms with Gasteiger partial charge in [0, 0.05) is 0 Å². The van der Waals surface area contributed by atoms with Crippen molar-refractivity contribution in [3.05, 3.63) is 83.4 Å². The molecule has 9 heteroatoms. The summed E-state index contributed by atoms with van der Waals surface area (Å²) in [6, 6.07) is 19.5. The highest BCUT2D eigenvalue weighted by atomic mass is 35.5. The van der Waals surface area contributed by atoms with E-state index < -0.39 is 15.9 Å². The number of hydrogen-bond acceptors (Lipinski definition) is 5. The lowest BCUT2D eigenvalue weighted by atomic mass is 10.2. The summed E-state index contributed by atoms with van der Waals surface area (Å²) >= 11 is 6.20. The monoisotopic (exact) mass is 460 g/mol. The molecule has 0 aliphatic carbocycles. The standard InChI is InChI=1S/C22H21ClN2O5S/c1-29-20-9-5-6-10-21(20)30-14-13-24-22(26)18-12-11-16(15-19(18)23)25-31(27,28)17-7-3-2-4-8-17/h2-12,15,25H,13-14H2,1H3,(H,24,26). The molecule has 3 aromatic rings. The smallest absolute Gasteiger partial charge is 0.261 e. The summed E-state index contributed by atoms with van der Waals surface area (Å²) < 4.78 is 38.1. The Kier molecular flexibility index (Phi) is 7.38. The van der Waals surface area contributed by atoms with E-state index in [9.17, 15) is 13.2 Å². The van der Waals surface area contributed by atoms with Crippen LogP contribution in [0.2, 0.25) is 5.02 Å². The van der Waals surface area contributed by atoms with Crippen molar-refractivity contribution in [1.29, 1.82) is 0 Å². The highest BCUT2D eigenvalue weighted by Gasteiger charge is 2.16. The van der Waals surface area contributed by atoms with Crippen molar-refractivity contribution in [1.82, 2.24) is 5.32 Å². The first kappa shape index (κ1) is 22.5. The van der Waals surface area contributed by atoms with Gasteiger partial charge >= 0.3 is 0 Å². The molecule has 1 amide bonds. The molecule has 0 aliphatic heterocycles. The van der Waals surface area contributed by atoms with Crippen molar-refractivity contribution in [2.75, 3.05) is 25.0 Å². The van der Waals surface area contributed by atoms with Crippen molar-refractivity contribution in [2.45, 2.75) is 4.90 Å². The van der Waals surface area contributed by atoms with Crippen LogP contribution in [0.5, 0.6) is 11.5 Å². The highest BCUT2D eigenvalue weighted by molar-refractivity contribution is 7.92. The fraction of sp³-hybridized carbons (Fsp3) is 0.136. The molecular weight excluding hydrogens is 440 g/mol. The molecule has 31 heavy (non-hydrogen) atoms.